The van der Waals surface area contributed by atoms with Crippen LogP contribution in [0.1, 0.15) is 36.1 Å². The van der Waals surface area contributed by atoms with Crippen molar-refractivity contribution in [3.05, 3.63) is 47.3 Å². The van der Waals surface area contributed by atoms with E-state index in [4.69, 9.17) is 4.74 Å². The van der Waals surface area contributed by atoms with Crippen LogP contribution in [0.15, 0.2) is 30.5 Å². The highest BCUT2D eigenvalue weighted by atomic mass is 16.5. The van der Waals surface area contributed by atoms with Crippen molar-refractivity contribution >= 4 is 5.91 Å². The lowest BCUT2D eigenvalue weighted by Gasteiger charge is -2.09. The molecular weight excluding hydrogens is 290 g/mol. The van der Waals surface area contributed by atoms with E-state index in [9.17, 15) is 4.79 Å². The van der Waals surface area contributed by atoms with Gasteiger partial charge in [0.05, 0.1) is 12.8 Å². The highest BCUT2D eigenvalue weighted by molar-refractivity contribution is 5.75. The van der Waals surface area contributed by atoms with Crippen molar-refractivity contribution in [1.29, 1.82) is 0 Å². The molecule has 2 aromatic rings. The molecular formula is C18H23N3O2. The molecule has 0 radical (unpaired) electrons. The molecule has 0 unspecified atom stereocenters. The van der Waals surface area contributed by atoms with E-state index in [2.05, 4.69) is 10.4 Å². The first kappa shape index (κ1) is 15.6. The first-order valence-electron chi connectivity index (χ1n) is 8.20. The summed E-state index contributed by atoms with van der Waals surface area (Å²) in [5, 5.41) is 7.51. The summed E-state index contributed by atoms with van der Waals surface area (Å²) in [5.74, 6) is 0.757. The lowest BCUT2D eigenvalue weighted by atomic mass is 10.1. The largest absolute Gasteiger partial charge is 0.496 e. The van der Waals surface area contributed by atoms with Gasteiger partial charge < -0.3 is 10.1 Å². The SMILES string of the molecule is COc1ccccc1CNC(=O)Cn1cc2c(n1)CCCCC2. The highest BCUT2D eigenvalue weighted by Crippen LogP contribution is 2.19. The minimum absolute atomic E-state index is 0.0337. The van der Waals surface area contributed by atoms with Crippen LogP contribution >= 0.6 is 0 Å². The molecule has 5 heteroatoms. The fourth-order valence-electron chi connectivity index (χ4n) is 3.03. The third kappa shape index (κ3) is 3.92. The Bertz CT molecular complexity index is 655. The molecule has 1 aliphatic rings. The molecule has 122 valence electrons. The number of nitrogens with zero attached hydrogens (tertiary/aromatic N) is 2. The number of nitrogens with one attached hydrogen (secondary N) is 1. The van der Waals surface area contributed by atoms with Gasteiger partial charge in [0.25, 0.3) is 0 Å². The predicted molar refractivity (Wildman–Crippen MR) is 88.3 cm³/mol. The molecule has 0 saturated carbocycles. The molecule has 5 nitrogen and oxygen atoms in total. The predicted octanol–water partition coefficient (Wildman–Crippen LogP) is 2.48. The van der Waals surface area contributed by atoms with Gasteiger partial charge in [0, 0.05) is 18.3 Å². The first-order chi connectivity index (χ1) is 11.3. The topological polar surface area (TPSA) is 56.1 Å². The number of fused-ring (bicyclic) bond motifs is 1. The molecule has 1 N–H and O–H groups in total. The van der Waals surface area contributed by atoms with Gasteiger partial charge in [0.2, 0.25) is 5.91 Å². The average molecular weight is 313 g/mol. The minimum Gasteiger partial charge on any atom is -0.496 e. The zero-order valence-corrected chi connectivity index (χ0v) is 13.5. The Balaban J connectivity index is 1.57. The molecule has 0 atom stereocenters. The van der Waals surface area contributed by atoms with Crippen LogP contribution < -0.4 is 10.1 Å². The van der Waals surface area contributed by atoms with Crippen molar-refractivity contribution in [2.45, 2.75) is 45.2 Å². The van der Waals surface area contributed by atoms with E-state index in [1.807, 2.05) is 30.5 Å². The van der Waals surface area contributed by atoms with Gasteiger partial charge in [-0.2, -0.15) is 5.10 Å². The van der Waals surface area contributed by atoms with Crippen LogP contribution in [0.25, 0.3) is 0 Å². The van der Waals surface area contributed by atoms with Gasteiger partial charge in [0.15, 0.2) is 0 Å². The fraction of sp³-hybridized carbons (Fsp3) is 0.444. The smallest absolute Gasteiger partial charge is 0.242 e. The lowest BCUT2D eigenvalue weighted by molar-refractivity contribution is -0.122. The number of ether oxygens (including phenoxy) is 1. The summed E-state index contributed by atoms with van der Waals surface area (Å²) < 4.78 is 7.07. The van der Waals surface area contributed by atoms with Crippen LogP contribution in [-0.4, -0.2) is 22.8 Å². The van der Waals surface area contributed by atoms with Gasteiger partial charge >= 0.3 is 0 Å². The second-order valence-corrected chi connectivity index (χ2v) is 5.95. The van der Waals surface area contributed by atoms with E-state index in [-0.39, 0.29) is 12.5 Å². The number of carbonyl (C=O) groups excluding carboxylic acids is 1. The van der Waals surface area contributed by atoms with Gasteiger partial charge in [0.1, 0.15) is 12.3 Å². The van der Waals surface area contributed by atoms with Crippen LogP contribution in [0.5, 0.6) is 5.75 Å². The van der Waals surface area contributed by atoms with E-state index in [0.29, 0.717) is 6.54 Å². The van der Waals surface area contributed by atoms with E-state index in [1.54, 1.807) is 11.8 Å². The maximum absolute atomic E-state index is 12.2. The summed E-state index contributed by atoms with van der Waals surface area (Å²) in [6.07, 6.45) is 7.84. The van der Waals surface area contributed by atoms with Gasteiger partial charge in [-0.25, -0.2) is 0 Å². The van der Waals surface area contributed by atoms with E-state index in [0.717, 1.165) is 24.2 Å². The minimum atomic E-state index is -0.0337. The van der Waals surface area contributed by atoms with E-state index >= 15 is 0 Å². The molecule has 1 amide bonds. The maximum atomic E-state index is 12.2. The van der Waals surface area contributed by atoms with Crippen molar-refractivity contribution in [3.63, 3.8) is 0 Å². The summed E-state index contributed by atoms with van der Waals surface area (Å²) in [6.45, 7) is 0.728. The summed E-state index contributed by atoms with van der Waals surface area (Å²) in [5.41, 5.74) is 3.44. The number of carbonyl (C=O) groups is 1. The summed E-state index contributed by atoms with van der Waals surface area (Å²) in [4.78, 5) is 12.2. The molecule has 1 aromatic heterocycles. The molecule has 0 fully saturated rings. The zero-order chi connectivity index (χ0) is 16.1. The Hall–Kier alpha value is -2.30. The Morgan fingerprint density at radius 2 is 2.09 bits per heavy atom. The number of aryl methyl sites for hydroxylation is 2. The molecule has 0 aliphatic heterocycles. The summed E-state index contributed by atoms with van der Waals surface area (Å²) >= 11 is 0. The molecule has 0 saturated heterocycles. The molecule has 1 aromatic carbocycles. The number of hydrogen-bond acceptors (Lipinski definition) is 3. The van der Waals surface area contributed by atoms with E-state index in [1.165, 1.54) is 30.5 Å². The molecule has 1 aliphatic carbocycles. The Morgan fingerprint density at radius 3 is 2.96 bits per heavy atom. The second-order valence-electron chi connectivity index (χ2n) is 5.95. The third-order valence-corrected chi connectivity index (χ3v) is 4.26. The Labute approximate surface area is 136 Å². The fourth-order valence-corrected chi connectivity index (χ4v) is 3.03. The average Bonchev–Trinajstić information content (AvgIpc) is 2.81. The van der Waals surface area contributed by atoms with Gasteiger partial charge in [-0.05, 0) is 37.3 Å². The standard InChI is InChI=1S/C18H23N3O2/c1-23-17-10-6-5-7-14(17)11-19-18(22)13-21-12-15-8-3-2-4-9-16(15)20-21/h5-7,10,12H,2-4,8-9,11,13H2,1H3,(H,19,22). The Kier molecular flexibility index (Phi) is 4.95. The lowest BCUT2D eigenvalue weighted by Crippen LogP contribution is -2.27. The van der Waals surface area contributed by atoms with Crippen LogP contribution in [0.2, 0.25) is 0 Å². The molecule has 0 bridgehead atoms. The van der Waals surface area contributed by atoms with Gasteiger partial charge in [-0.1, -0.05) is 24.6 Å². The Morgan fingerprint density at radius 1 is 1.26 bits per heavy atom. The van der Waals surface area contributed by atoms with Crippen LogP contribution in [-0.2, 0) is 30.7 Å². The summed E-state index contributed by atoms with van der Waals surface area (Å²) in [6, 6.07) is 7.71. The van der Waals surface area contributed by atoms with Crippen LogP contribution in [0.3, 0.4) is 0 Å². The van der Waals surface area contributed by atoms with E-state index < -0.39 is 0 Å². The number of amides is 1. The normalized spacial score (nSPS) is 14.0. The summed E-state index contributed by atoms with van der Waals surface area (Å²) in [7, 11) is 1.64. The van der Waals surface area contributed by atoms with Crippen LogP contribution in [0, 0.1) is 0 Å². The number of hydrogen-bond donors (Lipinski definition) is 1. The van der Waals surface area contributed by atoms with Gasteiger partial charge in [-0.3, -0.25) is 9.48 Å². The number of rotatable bonds is 5. The van der Waals surface area contributed by atoms with Crippen molar-refractivity contribution in [1.82, 2.24) is 15.1 Å². The number of para-hydroxylation sites is 1. The quantitative estimate of drug-likeness (QED) is 0.863. The first-order valence-corrected chi connectivity index (χ1v) is 8.20. The number of aromatic nitrogens is 2. The number of benzene rings is 1. The van der Waals surface area contributed by atoms with Crippen molar-refractivity contribution in [2.24, 2.45) is 0 Å². The molecule has 0 spiro atoms. The molecule has 3 rings (SSSR count). The number of methoxy groups -OCH3 is 1. The second kappa shape index (κ2) is 7.31. The highest BCUT2D eigenvalue weighted by Gasteiger charge is 2.14. The maximum Gasteiger partial charge on any atom is 0.242 e. The monoisotopic (exact) mass is 313 g/mol. The van der Waals surface area contributed by atoms with Crippen molar-refractivity contribution in [2.75, 3.05) is 7.11 Å². The third-order valence-electron chi connectivity index (χ3n) is 4.26. The van der Waals surface area contributed by atoms with Crippen molar-refractivity contribution < 1.29 is 9.53 Å². The zero-order valence-electron chi connectivity index (χ0n) is 13.5. The van der Waals surface area contributed by atoms with Crippen molar-refractivity contribution in [3.8, 4) is 5.75 Å². The van der Waals surface area contributed by atoms with Crippen LogP contribution in [0.4, 0.5) is 0 Å². The van der Waals surface area contributed by atoms with Gasteiger partial charge in [-0.15, -0.1) is 0 Å². The molecule has 1 heterocycles. The molecule has 23 heavy (non-hydrogen) atoms.